The van der Waals surface area contributed by atoms with Crippen LogP contribution in [-0.2, 0) is 13.3 Å². The van der Waals surface area contributed by atoms with Crippen molar-refractivity contribution in [2.45, 2.75) is 123 Å². The summed E-state index contributed by atoms with van der Waals surface area (Å²) in [5, 5.41) is 0. The Bertz CT molecular complexity index is 461. The van der Waals surface area contributed by atoms with E-state index in [2.05, 4.69) is 94.5 Å². The maximum Gasteiger partial charge on any atom is 0.499 e. The Labute approximate surface area is 150 Å². The summed E-state index contributed by atoms with van der Waals surface area (Å²) in [7, 11) is -2.88. The van der Waals surface area contributed by atoms with Gasteiger partial charge in [-0.05, 0) is 83.1 Å². The summed E-state index contributed by atoms with van der Waals surface area (Å²) in [4.78, 5) is 2.58. The van der Waals surface area contributed by atoms with Crippen LogP contribution in [0, 0.1) is 0 Å². The van der Waals surface area contributed by atoms with Crippen molar-refractivity contribution in [3.05, 3.63) is 0 Å². The third kappa shape index (κ3) is 2.46. The molecule has 0 aromatic rings. The largest absolute Gasteiger partial charge is 0.499 e. The zero-order valence-electron chi connectivity index (χ0n) is 18.2. The second-order valence-corrected chi connectivity index (χ2v) is 13.0. The van der Waals surface area contributed by atoms with E-state index in [1.165, 1.54) is 0 Å². The van der Waals surface area contributed by atoms with Gasteiger partial charge in [-0.2, -0.15) is 0 Å². The summed E-state index contributed by atoms with van der Waals surface area (Å²) in [6, 6.07) is 0. The second kappa shape index (κ2) is 4.86. The monoisotopic (exact) mass is 357 g/mol. The van der Waals surface area contributed by atoms with Crippen molar-refractivity contribution in [2.75, 3.05) is 0 Å². The van der Waals surface area contributed by atoms with Crippen LogP contribution in [0.1, 0.15) is 83.1 Å². The summed E-state index contributed by atoms with van der Waals surface area (Å²) in [6.45, 7) is 28.9. The molecule has 3 aliphatic heterocycles. The van der Waals surface area contributed by atoms with Gasteiger partial charge in [0.15, 0.2) is 0 Å². The van der Waals surface area contributed by atoms with E-state index in [1.807, 2.05) is 0 Å². The zero-order valence-corrected chi connectivity index (χ0v) is 19.2. The van der Waals surface area contributed by atoms with Crippen molar-refractivity contribution in [1.82, 2.24) is 4.90 Å². The second-order valence-electron chi connectivity index (χ2n) is 10.7. The zero-order chi connectivity index (χ0) is 19.2. The van der Waals surface area contributed by atoms with Gasteiger partial charge in [-0.1, -0.05) is 0 Å². The molecule has 0 aromatic heterocycles. The van der Waals surface area contributed by atoms with Gasteiger partial charge in [-0.25, -0.2) is 0 Å². The lowest BCUT2D eigenvalue weighted by atomic mass is 9.69. The first-order valence-corrected chi connectivity index (χ1v) is 11.4. The Hall–Kier alpha value is 0.0569. The summed E-state index contributed by atoms with van der Waals surface area (Å²) in [6.07, 6.45) is 0. The van der Waals surface area contributed by atoms with E-state index in [9.17, 15) is 0 Å². The Kier molecular flexibility index (Phi) is 4.12. The van der Waals surface area contributed by atoms with Crippen LogP contribution < -0.4 is 0 Å². The molecule has 3 aliphatic rings. The van der Waals surface area contributed by atoms with Gasteiger partial charge >= 0.3 is 8.80 Å². The van der Waals surface area contributed by atoms with Crippen LogP contribution >= 0.6 is 0 Å². The predicted molar refractivity (Wildman–Crippen MR) is 101 cm³/mol. The number of hydrogen-bond acceptors (Lipinski definition) is 4. The molecule has 0 saturated carbocycles. The van der Waals surface area contributed by atoms with Crippen LogP contribution in [0.3, 0.4) is 0 Å². The average Bonchev–Trinajstić information content (AvgIpc) is 2.20. The SMILES string of the molecule is CC1(C)O[Si]2(C)OC(C)(C)C(C)(C)N(C1(C)C)C(C)(C)C(C)(C)O2. The van der Waals surface area contributed by atoms with Crippen molar-refractivity contribution in [3.63, 3.8) is 0 Å². The fourth-order valence-electron chi connectivity index (χ4n) is 4.73. The van der Waals surface area contributed by atoms with Gasteiger partial charge in [-0.15, -0.1) is 0 Å². The first-order chi connectivity index (χ1) is 10.2. The topological polar surface area (TPSA) is 30.9 Å². The van der Waals surface area contributed by atoms with Gasteiger partial charge in [-0.3, -0.25) is 4.90 Å². The Morgan fingerprint density at radius 2 is 0.708 bits per heavy atom. The maximum absolute atomic E-state index is 6.66. The highest BCUT2D eigenvalue weighted by molar-refractivity contribution is 6.59. The van der Waals surface area contributed by atoms with E-state index >= 15 is 0 Å². The van der Waals surface area contributed by atoms with Crippen LogP contribution in [0.4, 0.5) is 0 Å². The molecule has 3 rings (SSSR count). The van der Waals surface area contributed by atoms with Crippen LogP contribution in [0.2, 0.25) is 6.55 Å². The van der Waals surface area contributed by atoms with E-state index in [4.69, 9.17) is 13.3 Å². The molecule has 0 radical (unpaired) electrons. The number of hydrogen-bond donors (Lipinski definition) is 0. The quantitative estimate of drug-likeness (QED) is 0.593. The molecule has 142 valence electrons. The molecule has 0 aromatic carbocycles. The van der Waals surface area contributed by atoms with E-state index in [0.29, 0.717) is 0 Å². The highest BCUT2D eigenvalue weighted by Gasteiger charge is 2.69. The van der Waals surface area contributed by atoms with E-state index in [1.54, 1.807) is 0 Å². The minimum absolute atomic E-state index is 0.212. The van der Waals surface area contributed by atoms with Gasteiger partial charge in [0.2, 0.25) is 0 Å². The molecule has 0 unspecified atom stereocenters. The predicted octanol–water partition coefficient (Wildman–Crippen LogP) is 4.61. The van der Waals surface area contributed by atoms with Crippen LogP contribution in [0.25, 0.3) is 0 Å². The van der Waals surface area contributed by atoms with E-state index in [0.717, 1.165) is 0 Å². The average molecular weight is 358 g/mol. The van der Waals surface area contributed by atoms with Crippen LogP contribution in [0.15, 0.2) is 0 Å². The van der Waals surface area contributed by atoms with Gasteiger partial charge < -0.3 is 13.3 Å². The minimum Gasteiger partial charge on any atom is -0.366 e. The lowest BCUT2D eigenvalue weighted by molar-refractivity contribution is -0.286. The highest BCUT2D eigenvalue weighted by Crippen LogP contribution is 2.55. The molecule has 0 amide bonds. The number of nitrogens with zero attached hydrogens (tertiary/aromatic N) is 1. The first-order valence-electron chi connectivity index (χ1n) is 9.15. The Morgan fingerprint density at radius 1 is 0.500 bits per heavy atom. The standard InChI is InChI=1S/C19H39NO3Si/c1-14(2)17(7,8)21-24(13)22-18(9,10)15(3,4)20(14)16(5,6)19(11,12)23-24/h1-13H3. The minimum atomic E-state index is -2.88. The van der Waals surface area contributed by atoms with Crippen molar-refractivity contribution in [2.24, 2.45) is 0 Å². The van der Waals surface area contributed by atoms with Gasteiger partial charge in [0.25, 0.3) is 0 Å². The molecule has 0 N–H and O–H groups in total. The van der Waals surface area contributed by atoms with Crippen LogP contribution in [0.5, 0.6) is 0 Å². The molecule has 0 atom stereocenters. The molecule has 0 spiro atoms. The molecule has 3 saturated heterocycles. The fraction of sp³-hybridized carbons (Fsp3) is 1.00. The molecule has 2 bridgehead atoms. The first kappa shape index (κ1) is 20.4. The van der Waals surface area contributed by atoms with Crippen molar-refractivity contribution in [3.8, 4) is 0 Å². The van der Waals surface area contributed by atoms with Gasteiger partial charge in [0.05, 0.1) is 16.8 Å². The maximum atomic E-state index is 6.66. The summed E-state index contributed by atoms with van der Waals surface area (Å²) in [5.41, 5.74) is -1.86. The van der Waals surface area contributed by atoms with Gasteiger partial charge in [0.1, 0.15) is 0 Å². The molecule has 24 heavy (non-hydrogen) atoms. The van der Waals surface area contributed by atoms with Crippen molar-refractivity contribution >= 4 is 8.80 Å². The molecule has 3 heterocycles. The van der Waals surface area contributed by atoms with E-state index in [-0.39, 0.29) is 16.6 Å². The summed E-state index contributed by atoms with van der Waals surface area (Å²) < 4.78 is 20.0. The van der Waals surface area contributed by atoms with E-state index < -0.39 is 25.6 Å². The lowest BCUT2D eigenvalue weighted by Crippen LogP contribution is -2.85. The third-order valence-electron chi connectivity index (χ3n) is 7.42. The van der Waals surface area contributed by atoms with Crippen molar-refractivity contribution < 1.29 is 13.3 Å². The Balaban J connectivity index is 2.91. The highest BCUT2D eigenvalue weighted by atomic mass is 28.4. The molecular formula is C19H39NO3Si. The molecule has 5 heteroatoms. The lowest BCUT2D eigenvalue weighted by Gasteiger charge is -2.72. The normalized spacial score (nSPS) is 41.1. The summed E-state index contributed by atoms with van der Waals surface area (Å²) >= 11 is 0. The smallest absolute Gasteiger partial charge is 0.366 e. The van der Waals surface area contributed by atoms with Crippen molar-refractivity contribution in [1.29, 1.82) is 0 Å². The fourth-order valence-corrected chi connectivity index (χ4v) is 8.39. The van der Waals surface area contributed by atoms with Gasteiger partial charge in [0, 0.05) is 23.2 Å². The molecule has 3 fully saturated rings. The van der Waals surface area contributed by atoms with Crippen LogP contribution in [-0.4, -0.2) is 47.1 Å². The number of rotatable bonds is 0. The molecule has 0 aliphatic carbocycles. The molecular weight excluding hydrogens is 318 g/mol. The number of fused-ring (bicyclic) bond motifs is 6. The third-order valence-corrected chi connectivity index (χ3v) is 10.1. The Morgan fingerprint density at radius 3 is 0.917 bits per heavy atom. The molecule has 4 nitrogen and oxygen atoms in total. The summed E-state index contributed by atoms with van der Waals surface area (Å²) in [5.74, 6) is 0.